The molecule has 0 fully saturated rings. The third kappa shape index (κ3) is 2.06. The normalized spacial score (nSPS) is 19.7. The van der Waals surface area contributed by atoms with Gasteiger partial charge in [0.2, 0.25) is 6.34 Å². The van der Waals surface area contributed by atoms with Crippen molar-refractivity contribution in [2.45, 2.75) is 4.90 Å². The van der Waals surface area contributed by atoms with Crippen LogP contribution in [0.15, 0.2) is 44.6 Å². The van der Waals surface area contributed by atoms with Gasteiger partial charge >= 0.3 is 0 Å². The van der Waals surface area contributed by atoms with Crippen LogP contribution >= 0.6 is 0 Å². The molecule has 1 aromatic carbocycles. The number of nitrogens with one attached hydrogen (secondary N) is 1. The number of rotatable bonds is 2. The Hall–Kier alpha value is -1.64. The maximum absolute atomic E-state index is 10.7. The molecule has 1 heterocycles. The van der Waals surface area contributed by atoms with Crippen LogP contribution in [0, 0.1) is 0 Å². The fourth-order valence-electron chi connectivity index (χ4n) is 1.10. The molecule has 0 aromatic heterocycles. The summed E-state index contributed by atoms with van der Waals surface area (Å²) in [5, 5.41) is 11.5. The van der Waals surface area contributed by atoms with E-state index in [0.29, 0.717) is 10.8 Å². The summed E-state index contributed by atoms with van der Waals surface area (Å²) < 4.78 is 30.2. The van der Waals surface area contributed by atoms with Crippen molar-refractivity contribution in [1.29, 1.82) is 0 Å². The van der Waals surface area contributed by atoms with Gasteiger partial charge in [-0.1, -0.05) is 5.11 Å². The largest absolute Gasteiger partial charge is 0.294 e. The maximum atomic E-state index is 10.7. The molecule has 0 amide bonds. The molecule has 2 N–H and O–H groups in total. The minimum absolute atomic E-state index is 0.161. The molecule has 0 saturated heterocycles. The molecule has 78 valence electrons. The first kappa shape index (κ1) is 9.90. The van der Waals surface area contributed by atoms with E-state index in [9.17, 15) is 8.42 Å². The molecule has 1 aliphatic heterocycles. The predicted molar refractivity (Wildman–Crippen MR) is 50.2 cm³/mol. The molecule has 0 radical (unpaired) electrons. The highest BCUT2D eigenvalue weighted by Gasteiger charge is 2.15. The second-order valence-corrected chi connectivity index (χ2v) is 4.20. The fraction of sp³-hybridized carbons (Fsp3) is 0. The molecule has 2 rings (SSSR count). The van der Waals surface area contributed by atoms with Crippen molar-refractivity contribution in [3.63, 3.8) is 0 Å². The van der Waals surface area contributed by atoms with Crippen molar-refractivity contribution in [2.75, 3.05) is 0 Å². The molecule has 1 aromatic rings. The van der Waals surface area contributed by atoms with E-state index in [-0.39, 0.29) is 4.90 Å². The zero-order valence-corrected chi connectivity index (χ0v) is 8.22. The monoisotopic (exact) mass is 227 g/mol. The Kier molecular flexibility index (Phi) is 2.31. The average Bonchev–Trinajstić information content (AvgIpc) is 2.69. The topological polar surface area (TPSA) is 95.9 Å². The summed E-state index contributed by atoms with van der Waals surface area (Å²) in [5.74, 6) is 0. The van der Waals surface area contributed by atoms with Gasteiger partial charge in [-0.3, -0.25) is 4.55 Å². The van der Waals surface area contributed by atoms with Crippen LogP contribution < -0.4 is 5.12 Å². The Morgan fingerprint density at radius 3 is 2.33 bits per heavy atom. The zero-order valence-electron chi connectivity index (χ0n) is 7.40. The van der Waals surface area contributed by atoms with Crippen molar-refractivity contribution in [3.8, 4) is 0 Å². The summed E-state index contributed by atoms with van der Waals surface area (Å²) in [6.07, 6.45) is 1.30. The molecule has 7 nitrogen and oxygen atoms in total. The van der Waals surface area contributed by atoms with Crippen molar-refractivity contribution < 1.29 is 18.1 Å². The smallest absolute Gasteiger partial charge is 0.282 e. The predicted octanol–water partition coefficient (Wildman–Crippen LogP) is -0.226. The van der Waals surface area contributed by atoms with Crippen molar-refractivity contribution in [2.24, 2.45) is 15.4 Å². The molecular formula is C7H7N4O3S+. The summed E-state index contributed by atoms with van der Waals surface area (Å²) in [7, 11) is -4.14. The maximum Gasteiger partial charge on any atom is 0.294 e. The Morgan fingerprint density at radius 1 is 1.20 bits per heavy atom. The van der Waals surface area contributed by atoms with Gasteiger partial charge in [0.05, 0.1) is 10.1 Å². The fourth-order valence-corrected chi connectivity index (χ4v) is 1.58. The van der Waals surface area contributed by atoms with Gasteiger partial charge in [0.25, 0.3) is 10.1 Å². The minimum atomic E-state index is -4.14. The number of hydrogen-bond acceptors (Lipinski definition) is 5. The lowest BCUT2D eigenvalue weighted by Gasteiger charge is -2.00. The van der Waals surface area contributed by atoms with Crippen LogP contribution in [0.25, 0.3) is 0 Å². The van der Waals surface area contributed by atoms with Crippen LogP contribution in [0.1, 0.15) is 0 Å². The Balaban J connectivity index is 2.32. The molecule has 0 aliphatic carbocycles. The van der Waals surface area contributed by atoms with Gasteiger partial charge in [-0.2, -0.15) is 8.42 Å². The van der Waals surface area contributed by atoms with Gasteiger partial charge in [0.1, 0.15) is 0 Å². The standard InChI is InChI=1S/C7H6N4O3S/c12-15(13,14)7-3-1-6(2-4-7)11-9-5-8-10-11/h1-5H,(H,12,13,14)/p+1. The van der Waals surface area contributed by atoms with Gasteiger partial charge in [-0.25, -0.2) is 0 Å². The first-order chi connectivity index (χ1) is 7.07. The van der Waals surface area contributed by atoms with E-state index >= 15 is 0 Å². The highest BCUT2D eigenvalue weighted by molar-refractivity contribution is 7.85. The third-order valence-electron chi connectivity index (χ3n) is 1.79. The second kappa shape index (κ2) is 3.50. The van der Waals surface area contributed by atoms with Gasteiger partial charge in [-0.05, 0) is 22.4 Å². The van der Waals surface area contributed by atoms with Gasteiger partial charge in [0, 0.05) is 12.1 Å². The van der Waals surface area contributed by atoms with E-state index in [1.165, 1.54) is 30.6 Å². The molecule has 1 atom stereocenters. The second-order valence-electron chi connectivity index (χ2n) is 2.78. The number of nitrogens with zero attached hydrogens (tertiary/aromatic N) is 3. The van der Waals surface area contributed by atoms with E-state index in [0.717, 1.165) is 0 Å². The average molecular weight is 227 g/mol. The van der Waals surface area contributed by atoms with Crippen LogP contribution in [0.2, 0.25) is 0 Å². The summed E-state index contributed by atoms with van der Waals surface area (Å²) >= 11 is 0. The van der Waals surface area contributed by atoms with E-state index in [1.54, 1.807) is 0 Å². The minimum Gasteiger partial charge on any atom is -0.282 e. The Bertz CT molecular complexity index is 508. The lowest BCUT2D eigenvalue weighted by Crippen LogP contribution is -2.95. The van der Waals surface area contributed by atoms with Crippen LogP contribution in [-0.2, 0) is 10.1 Å². The molecule has 0 spiro atoms. The molecule has 8 heteroatoms. The summed E-state index contributed by atoms with van der Waals surface area (Å²) in [5.41, 5.74) is 0.639. The van der Waals surface area contributed by atoms with Crippen molar-refractivity contribution in [1.82, 2.24) is 0 Å². The van der Waals surface area contributed by atoms with E-state index in [2.05, 4.69) is 15.4 Å². The zero-order chi connectivity index (χ0) is 10.9. The molecule has 0 bridgehead atoms. The van der Waals surface area contributed by atoms with E-state index in [1.807, 2.05) is 0 Å². The Labute approximate surface area is 85.5 Å². The summed E-state index contributed by atoms with van der Waals surface area (Å²) in [6, 6.07) is 5.56. The molecular weight excluding hydrogens is 220 g/mol. The quantitative estimate of drug-likeness (QED) is 0.683. The first-order valence-corrected chi connectivity index (χ1v) is 5.40. The van der Waals surface area contributed by atoms with E-state index < -0.39 is 10.1 Å². The summed E-state index contributed by atoms with van der Waals surface area (Å²) in [4.78, 5) is -0.161. The molecule has 1 aliphatic rings. The number of quaternary nitrogens is 1. The van der Waals surface area contributed by atoms with Crippen LogP contribution in [0.4, 0.5) is 5.69 Å². The third-order valence-corrected chi connectivity index (χ3v) is 2.66. The van der Waals surface area contributed by atoms with Gasteiger partial charge < -0.3 is 0 Å². The highest BCUT2D eigenvalue weighted by atomic mass is 32.2. The van der Waals surface area contributed by atoms with Gasteiger partial charge in [0.15, 0.2) is 5.69 Å². The van der Waals surface area contributed by atoms with Crippen molar-refractivity contribution in [3.05, 3.63) is 24.3 Å². The first-order valence-electron chi connectivity index (χ1n) is 3.96. The number of benzene rings is 1. The number of hydrogen-bond donors (Lipinski definition) is 2. The molecule has 0 saturated carbocycles. The summed E-state index contributed by atoms with van der Waals surface area (Å²) in [6.45, 7) is 0. The van der Waals surface area contributed by atoms with E-state index in [4.69, 9.17) is 4.55 Å². The SMILES string of the molecule is O=S(=O)(O)c1ccc([NH+]2N=CN=N2)cc1. The highest BCUT2D eigenvalue weighted by Crippen LogP contribution is 2.11. The van der Waals surface area contributed by atoms with Crippen LogP contribution in [0.3, 0.4) is 0 Å². The van der Waals surface area contributed by atoms with Crippen LogP contribution in [-0.4, -0.2) is 19.3 Å². The van der Waals surface area contributed by atoms with Crippen molar-refractivity contribution >= 4 is 22.1 Å². The molecule has 15 heavy (non-hydrogen) atoms. The Morgan fingerprint density at radius 2 is 1.87 bits per heavy atom. The lowest BCUT2D eigenvalue weighted by molar-refractivity contribution is -0.847. The van der Waals surface area contributed by atoms with Crippen LogP contribution in [0.5, 0.6) is 0 Å². The molecule has 1 unspecified atom stereocenters. The lowest BCUT2D eigenvalue weighted by atomic mass is 10.3. The van der Waals surface area contributed by atoms with Gasteiger partial charge in [-0.15, -0.1) is 0 Å².